The molecule has 0 saturated heterocycles. The van der Waals surface area contributed by atoms with Crippen molar-refractivity contribution < 1.29 is 15.1 Å². The summed E-state index contributed by atoms with van der Waals surface area (Å²) in [6, 6.07) is 7.92. The summed E-state index contributed by atoms with van der Waals surface area (Å²) in [5.41, 5.74) is 0.804. The predicted molar refractivity (Wildman–Crippen MR) is 81.1 cm³/mol. The molecule has 2 atom stereocenters. The van der Waals surface area contributed by atoms with Crippen LogP contribution in [0.4, 0.5) is 11.5 Å². The van der Waals surface area contributed by atoms with Gasteiger partial charge in [-0.1, -0.05) is 0 Å². The summed E-state index contributed by atoms with van der Waals surface area (Å²) in [6.45, 7) is -0.381. The van der Waals surface area contributed by atoms with Crippen molar-refractivity contribution in [3.05, 3.63) is 52.1 Å². The molecular formula is C13H13N7O4. The quantitative estimate of drug-likeness (QED) is 0.416. The third-order valence-corrected chi connectivity index (χ3v) is 3.43. The average Bonchev–Trinajstić information content (AvgIpc) is 3.07. The molecule has 0 amide bonds. The molecule has 0 saturated carbocycles. The zero-order valence-corrected chi connectivity index (χ0v) is 12.2. The lowest BCUT2D eigenvalue weighted by molar-refractivity contribution is -0.384. The highest BCUT2D eigenvalue weighted by molar-refractivity contribution is 5.43. The maximum absolute atomic E-state index is 10.7. The number of nitrogens with zero attached hydrogens (tertiary/aromatic N) is 6. The number of benzene rings is 1. The second-order valence-corrected chi connectivity index (χ2v) is 4.97. The number of tetrazole rings is 1. The molecule has 11 heteroatoms. The Balaban J connectivity index is 1.77. The first-order valence-electron chi connectivity index (χ1n) is 6.93. The van der Waals surface area contributed by atoms with E-state index in [-0.39, 0.29) is 12.3 Å². The molecule has 0 unspecified atom stereocenters. The average molecular weight is 331 g/mol. The normalized spacial score (nSPS) is 13.6. The van der Waals surface area contributed by atoms with Gasteiger partial charge in [0.15, 0.2) is 5.65 Å². The van der Waals surface area contributed by atoms with Crippen LogP contribution in [0.3, 0.4) is 0 Å². The first-order valence-corrected chi connectivity index (χ1v) is 6.93. The van der Waals surface area contributed by atoms with Gasteiger partial charge in [-0.3, -0.25) is 10.1 Å². The van der Waals surface area contributed by atoms with E-state index in [0.717, 1.165) is 0 Å². The Morgan fingerprint density at radius 3 is 2.67 bits per heavy atom. The number of rotatable bonds is 6. The second kappa shape index (κ2) is 6.52. The SMILES string of the molecule is O=[N+]([O-])c1ccc([C@H](O)[C@@H](CO)Nc2ccc3nnnn3n2)cc1. The molecule has 3 rings (SSSR count). The van der Waals surface area contributed by atoms with Crippen molar-refractivity contribution >= 4 is 17.2 Å². The Labute approximate surface area is 134 Å². The molecule has 0 fully saturated rings. The van der Waals surface area contributed by atoms with Gasteiger partial charge in [-0.2, -0.15) is 0 Å². The van der Waals surface area contributed by atoms with Crippen molar-refractivity contribution in [2.75, 3.05) is 11.9 Å². The first-order chi connectivity index (χ1) is 11.6. The molecule has 0 aliphatic heterocycles. The van der Waals surface area contributed by atoms with Gasteiger partial charge >= 0.3 is 0 Å². The van der Waals surface area contributed by atoms with E-state index in [2.05, 4.69) is 25.9 Å². The van der Waals surface area contributed by atoms with Crippen LogP contribution in [-0.2, 0) is 0 Å². The van der Waals surface area contributed by atoms with Crippen molar-refractivity contribution in [2.45, 2.75) is 12.1 Å². The van der Waals surface area contributed by atoms with Crippen molar-refractivity contribution in [1.82, 2.24) is 25.3 Å². The highest BCUT2D eigenvalue weighted by Gasteiger charge is 2.21. The molecule has 0 aliphatic carbocycles. The lowest BCUT2D eigenvalue weighted by Crippen LogP contribution is -2.31. The monoisotopic (exact) mass is 331 g/mol. The van der Waals surface area contributed by atoms with Crippen molar-refractivity contribution in [2.24, 2.45) is 0 Å². The molecule has 11 nitrogen and oxygen atoms in total. The number of nitro groups is 1. The minimum atomic E-state index is -1.10. The zero-order valence-electron chi connectivity index (χ0n) is 12.2. The number of fused-ring (bicyclic) bond motifs is 1. The van der Waals surface area contributed by atoms with E-state index < -0.39 is 17.1 Å². The number of hydrogen-bond acceptors (Lipinski definition) is 9. The van der Waals surface area contributed by atoms with E-state index in [1.54, 1.807) is 12.1 Å². The summed E-state index contributed by atoms with van der Waals surface area (Å²) < 4.78 is 1.20. The molecule has 1 aromatic carbocycles. The van der Waals surface area contributed by atoms with E-state index in [4.69, 9.17) is 0 Å². The van der Waals surface area contributed by atoms with Crippen molar-refractivity contribution in [3.8, 4) is 0 Å². The van der Waals surface area contributed by atoms with Crippen LogP contribution < -0.4 is 5.32 Å². The maximum Gasteiger partial charge on any atom is 0.269 e. The molecule has 0 radical (unpaired) electrons. The van der Waals surface area contributed by atoms with E-state index >= 15 is 0 Å². The third kappa shape index (κ3) is 3.11. The fourth-order valence-corrected chi connectivity index (χ4v) is 2.17. The van der Waals surface area contributed by atoms with Gasteiger partial charge in [0.2, 0.25) is 0 Å². The van der Waals surface area contributed by atoms with Crippen molar-refractivity contribution in [3.63, 3.8) is 0 Å². The van der Waals surface area contributed by atoms with Crippen molar-refractivity contribution in [1.29, 1.82) is 0 Å². The van der Waals surface area contributed by atoms with Gasteiger partial charge in [-0.05, 0) is 40.3 Å². The van der Waals surface area contributed by atoms with E-state index in [1.165, 1.54) is 28.9 Å². The molecule has 0 bridgehead atoms. The molecule has 124 valence electrons. The van der Waals surface area contributed by atoms with E-state index in [1.807, 2.05) is 0 Å². The number of non-ortho nitro benzene ring substituents is 1. The number of nitro benzene ring substituents is 1. The summed E-state index contributed by atoms with van der Waals surface area (Å²) in [5.74, 6) is 0.356. The highest BCUT2D eigenvalue weighted by Crippen LogP contribution is 2.22. The maximum atomic E-state index is 10.7. The lowest BCUT2D eigenvalue weighted by Gasteiger charge is -2.22. The standard InChI is InChI=1S/C13H13N7O4/c21-7-10(13(22)8-1-3-9(4-2-8)20(23)24)14-11-5-6-12-15-17-18-19(12)16-11/h1-6,10,13,21-22H,7H2,(H,14,16)/t10-,13+/m1/s1. The number of nitrogens with one attached hydrogen (secondary N) is 1. The molecule has 2 aromatic heterocycles. The largest absolute Gasteiger partial charge is 0.394 e. The molecular weight excluding hydrogens is 318 g/mol. The second-order valence-electron chi connectivity index (χ2n) is 4.97. The molecule has 24 heavy (non-hydrogen) atoms. The van der Waals surface area contributed by atoms with Crippen LogP contribution in [0.15, 0.2) is 36.4 Å². The van der Waals surface area contributed by atoms with Crippen LogP contribution in [0, 0.1) is 10.1 Å². The number of hydrogen-bond donors (Lipinski definition) is 3. The molecule has 3 aromatic rings. The van der Waals surface area contributed by atoms with Gasteiger partial charge in [0.1, 0.15) is 11.9 Å². The van der Waals surface area contributed by atoms with Crippen LogP contribution in [-0.4, -0.2) is 53.0 Å². The van der Waals surface area contributed by atoms with E-state index in [0.29, 0.717) is 17.0 Å². The van der Waals surface area contributed by atoms with E-state index in [9.17, 15) is 20.3 Å². The molecule has 0 aliphatic rings. The van der Waals surface area contributed by atoms with Gasteiger partial charge in [0.05, 0.1) is 17.6 Å². The number of aliphatic hydroxyl groups excluding tert-OH is 2. The third-order valence-electron chi connectivity index (χ3n) is 3.43. The van der Waals surface area contributed by atoms with Gasteiger partial charge in [0.25, 0.3) is 5.69 Å². The number of anilines is 1. The Morgan fingerprint density at radius 1 is 1.25 bits per heavy atom. The molecule has 2 heterocycles. The van der Waals surface area contributed by atoms with Gasteiger partial charge in [0, 0.05) is 12.1 Å². The fourth-order valence-electron chi connectivity index (χ4n) is 2.17. The number of aliphatic hydroxyl groups is 2. The lowest BCUT2D eigenvalue weighted by atomic mass is 10.0. The fraction of sp³-hybridized carbons (Fsp3) is 0.231. The summed E-state index contributed by atoms with van der Waals surface area (Å²) in [5, 5.41) is 48.4. The molecule has 3 N–H and O–H groups in total. The topological polar surface area (TPSA) is 152 Å². The summed E-state index contributed by atoms with van der Waals surface area (Å²) in [4.78, 5) is 10.1. The van der Waals surface area contributed by atoms with Crippen LogP contribution in [0.2, 0.25) is 0 Å². The Hall–Kier alpha value is -3.18. The summed E-state index contributed by atoms with van der Waals surface area (Å²) in [6.07, 6.45) is -1.10. The van der Waals surface area contributed by atoms with Crippen LogP contribution in [0.1, 0.15) is 11.7 Å². The number of aromatic nitrogens is 5. The van der Waals surface area contributed by atoms with Gasteiger partial charge in [-0.25, -0.2) is 0 Å². The summed E-state index contributed by atoms with van der Waals surface area (Å²) in [7, 11) is 0. The van der Waals surface area contributed by atoms with Gasteiger partial charge in [-0.15, -0.1) is 14.8 Å². The summed E-state index contributed by atoms with van der Waals surface area (Å²) >= 11 is 0. The van der Waals surface area contributed by atoms with Crippen LogP contribution in [0.25, 0.3) is 5.65 Å². The van der Waals surface area contributed by atoms with Gasteiger partial charge < -0.3 is 15.5 Å². The predicted octanol–water partition coefficient (Wildman–Crippen LogP) is -0.0661. The Bertz CT molecular complexity index is 851. The van der Waals surface area contributed by atoms with Crippen LogP contribution >= 0.6 is 0 Å². The molecule has 0 spiro atoms. The first kappa shape index (κ1) is 15.7. The van der Waals surface area contributed by atoms with Crippen LogP contribution in [0.5, 0.6) is 0 Å². The Morgan fingerprint density at radius 2 is 2.00 bits per heavy atom. The smallest absolute Gasteiger partial charge is 0.269 e. The Kier molecular flexibility index (Phi) is 4.26. The minimum absolute atomic E-state index is 0.0785. The minimum Gasteiger partial charge on any atom is -0.394 e. The highest BCUT2D eigenvalue weighted by atomic mass is 16.6. The zero-order chi connectivity index (χ0) is 17.1.